The number of nitrogens with one attached hydrogen (secondary N) is 1. The summed E-state index contributed by atoms with van der Waals surface area (Å²) in [5, 5.41) is 25.0. The number of carbonyl (C=O) groups is 1. The highest BCUT2D eigenvalue weighted by atomic mass is 127. The van der Waals surface area contributed by atoms with Gasteiger partial charge in [-0.15, -0.1) is 0 Å². The summed E-state index contributed by atoms with van der Waals surface area (Å²) < 4.78 is 7.97. The van der Waals surface area contributed by atoms with Gasteiger partial charge in [0, 0.05) is 16.0 Å². The monoisotopic (exact) mass is 581 g/mol. The van der Waals surface area contributed by atoms with Crippen molar-refractivity contribution in [2.75, 3.05) is 11.9 Å². The highest BCUT2D eigenvalue weighted by Gasteiger charge is 2.67. The fourth-order valence-electron chi connectivity index (χ4n) is 4.77. The first-order valence-corrected chi connectivity index (χ1v) is 11.9. The maximum absolute atomic E-state index is 12.7. The van der Waals surface area contributed by atoms with Gasteiger partial charge in [-0.25, -0.2) is 4.98 Å². The summed E-state index contributed by atoms with van der Waals surface area (Å²) in [6.45, 7) is 2.39. The highest BCUT2D eigenvalue weighted by Crippen LogP contribution is 2.58. The topological polar surface area (TPSA) is 122 Å². The number of aliphatic hydroxyl groups is 2. The molecule has 11 heteroatoms. The molecule has 2 aromatic heterocycles. The van der Waals surface area contributed by atoms with E-state index in [9.17, 15) is 15.0 Å². The van der Waals surface area contributed by atoms with Crippen LogP contribution in [0.3, 0.4) is 0 Å². The standard InChI is InChI=1S/C22H21ClIN5O4/c1-2-33-20(32)22-7-6-13(22)15(16(30)17(22)31)29-10-26-14-18(27-21(23)28-19(14)29)25-9-11-4-3-5-12(24)8-11/h3-8,10,13,15-17,30-31H,2,9H2,1H3,(H,25,27,28)/t13-,15-,16+,17+,22+/m1/s1. The number of imidazole rings is 1. The van der Waals surface area contributed by atoms with Gasteiger partial charge in [-0.2, -0.15) is 9.97 Å². The quantitative estimate of drug-likeness (QED) is 0.176. The van der Waals surface area contributed by atoms with E-state index >= 15 is 0 Å². The summed E-state index contributed by atoms with van der Waals surface area (Å²) in [5.74, 6) is -0.574. The van der Waals surface area contributed by atoms with Gasteiger partial charge in [0.1, 0.15) is 17.6 Å². The molecular weight excluding hydrogens is 561 g/mol. The molecule has 0 unspecified atom stereocenters. The third-order valence-corrected chi connectivity index (χ3v) is 7.19. The van der Waals surface area contributed by atoms with E-state index in [1.807, 2.05) is 18.2 Å². The molecule has 1 aromatic carbocycles. The number of benzene rings is 1. The number of fused-ring (bicyclic) bond motifs is 2. The Balaban J connectivity index is 1.50. The van der Waals surface area contributed by atoms with Crippen molar-refractivity contribution in [1.82, 2.24) is 19.5 Å². The van der Waals surface area contributed by atoms with Crippen molar-refractivity contribution in [3.05, 3.63) is 57.2 Å². The van der Waals surface area contributed by atoms with Crippen LogP contribution in [0.15, 0.2) is 42.7 Å². The molecule has 9 nitrogen and oxygen atoms in total. The van der Waals surface area contributed by atoms with Gasteiger partial charge in [0.25, 0.3) is 0 Å². The van der Waals surface area contributed by atoms with E-state index < -0.39 is 35.6 Å². The molecule has 3 N–H and O–H groups in total. The number of aromatic nitrogens is 4. The average Bonchev–Trinajstić information content (AvgIpc) is 3.23. The van der Waals surface area contributed by atoms with E-state index in [4.69, 9.17) is 16.3 Å². The van der Waals surface area contributed by atoms with E-state index in [1.165, 1.54) is 6.33 Å². The zero-order valence-electron chi connectivity index (χ0n) is 17.5. The van der Waals surface area contributed by atoms with Crippen molar-refractivity contribution in [3.8, 4) is 0 Å². The molecule has 5 atom stereocenters. The first kappa shape index (κ1) is 22.5. The van der Waals surface area contributed by atoms with Crippen molar-refractivity contribution in [1.29, 1.82) is 0 Å². The molecule has 2 aliphatic carbocycles. The van der Waals surface area contributed by atoms with Gasteiger partial charge in [-0.1, -0.05) is 24.3 Å². The van der Waals surface area contributed by atoms with Crippen molar-refractivity contribution in [2.24, 2.45) is 11.3 Å². The lowest BCUT2D eigenvalue weighted by Gasteiger charge is -2.38. The Morgan fingerprint density at radius 1 is 1.36 bits per heavy atom. The van der Waals surface area contributed by atoms with Crippen molar-refractivity contribution >= 4 is 57.1 Å². The van der Waals surface area contributed by atoms with Gasteiger partial charge in [0.2, 0.25) is 5.28 Å². The average molecular weight is 582 g/mol. The van der Waals surface area contributed by atoms with E-state index in [0.29, 0.717) is 23.5 Å². The van der Waals surface area contributed by atoms with Crippen LogP contribution >= 0.6 is 34.2 Å². The molecule has 0 bridgehead atoms. The maximum Gasteiger partial charge on any atom is 0.319 e. The normalized spacial score (nSPS) is 27.9. The van der Waals surface area contributed by atoms with Gasteiger partial charge >= 0.3 is 5.97 Å². The van der Waals surface area contributed by atoms with Crippen molar-refractivity contribution in [2.45, 2.75) is 31.7 Å². The third kappa shape index (κ3) is 3.50. The summed E-state index contributed by atoms with van der Waals surface area (Å²) in [6, 6.07) is 7.37. The van der Waals surface area contributed by atoms with Gasteiger partial charge < -0.3 is 24.8 Å². The van der Waals surface area contributed by atoms with Crippen LogP contribution in [0, 0.1) is 14.9 Å². The van der Waals surface area contributed by atoms with Crippen LogP contribution in [0.4, 0.5) is 5.82 Å². The number of aliphatic hydroxyl groups excluding tert-OH is 2. The molecule has 0 spiro atoms. The minimum Gasteiger partial charge on any atom is -0.465 e. The summed E-state index contributed by atoms with van der Waals surface area (Å²) in [5.41, 5.74) is 0.649. The number of nitrogens with zero attached hydrogens (tertiary/aromatic N) is 4. The molecule has 5 rings (SSSR count). The number of allylic oxidation sites excluding steroid dienone is 1. The number of esters is 1. The van der Waals surface area contributed by atoms with E-state index in [0.717, 1.165) is 9.13 Å². The number of ether oxygens (including phenoxy) is 1. The molecule has 1 fully saturated rings. The Kier molecular flexibility index (Phi) is 5.79. The second kappa shape index (κ2) is 8.49. The predicted molar refractivity (Wildman–Crippen MR) is 130 cm³/mol. The molecular formula is C22H21ClIN5O4. The summed E-state index contributed by atoms with van der Waals surface area (Å²) >= 11 is 8.48. The molecule has 172 valence electrons. The van der Waals surface area contributed by atoms with Crippen LogP contribution in [-0.4, -0.2) is 54.5 Å². The van der Waals surface area contributed by atoms with Crippen LogP contribution in [0.5, 0.6) is 0 Å². The lowest BCUT2D eigenvalue weighted by Crippen LogP contribution is -2.48. The van der Waals surface area contributed by atoms with Crippen LogP contribution < -0.4 is 5.32 Å². The highest BCUT2D eigenvalue weighted by molar-refractivity contribution is 14.1. The molecule has 0 radical (unpaired) electrons. The van der Waals surface area contributed by atoms with Crippen molar-refractivity contribution in [3.63, 3.8) is 0 Å². The molecule has 0 aliphatic heterocycles. The predicted octanol–water partition coefficient (Wildman–Crippen LogP) is 2.71. The number of halogens is 2. The van der Waals surface area contributed by atoms with Crippen LogP contribution in [0.2, 0.25) is 5.28 Å². The second-order valence-corrected chi connectivity index (χ2v) is 9.70. The van der Waals surface area contributed by atoms with E-state index in [-0.39, 0.29) is 11.9 Å². The molecule has 33 heavy (non-hydrogen) atoms. The zero-order chi connectivity index (χ0) is 23.3. The summed E-state index contributed by atoms with van der Waals surface area (Å²) in [4.78, 5) is 25.8. The number of anilines is 1. The second-order valence-electron chi connectivity index (χ2n) is 8.11. The van der Waals surface area contributed by atoms with Crippen LogP contribution in [0.1, 0.15) is 18.5 Å². The smallest absolute Gasteiger partial charge is 0.319 e. The lowest BCUT2D eigenvalue weighted by atomic mass is 9.67. The van der Waals surface area contributed by atoms with Crippen LogP contribution in [0.25, 0.3) is 11.2 Å². The van der Waals surface area contributed by atoms with Crippen LogP contribution in [-0.2, 0) is 16.1 Å². The fraction of sp³-hybridized carbons (Fsp3) is 0.364. The SMILES string of the molecule is CCOC(=O)[C@@]12C=C[C@@H]1[C@@H](n1cnc3c(NCc4cccc(I)c4)nc(Cl)nc31)[C@H](O)[C@@H]2O. The zero-order valence-corrected chi connectivity index (χ0v) is 20.4. The Morgan fingerprint density at radius 2 is 2.18 bits per heavy atom. The van der Waals surface area contributed by atoms with Gasteiger partial charge in [0.15, 0.2) is 17.0 Å². The molecule has 3 aromatic rings. The fourth-order valence-corrected chi connectivity index (χ4v) is 5.54. The largest absolute Gasteiger partial charge is 0.465 e. The number of hydrogen-bond donors (Lipinski definition) is 3. The maximum atomic E-state index is 12.7. The molecule has 1 saturated carbocycles. The molecule has 0 amide bonds. The summed E-state index contributed by atoms with van der Waals surface area (Å²) in [7, 11) is 0. The van der Waals surface area contributed by atoms with Gasteiger partial charge in [-0.05, 0) is 58.8 Å². The lowest BCUT2D eigenvalue weighted by molar-refractivity contribution is -0.162. The number of hydrogen-bond acceptors (Lipinski definition) is 8. The van der Waals surface area contributed by atoms with Gasteiger partial charge in [0.05, 0.1) is 19.0 Å². The number of carbonyl (C=O) groups excluding carboxylic acids is 1. The minimum atomic E-state index is -1.32. The minimum absolute atomic E-state index is 0.0169. The van der Waals surface area contributed by atoms with E-state index in [1.54, 1.807) is 23.6 Å². The molecule has 0 saturated heterocycles. The Labute approximate surface area is 208 Å². The Bertz CT molecular complexity index is 1270. The van der Waals surface area contributed by atoms with Crippen molar-refractivity contribution < 1.29 is 19.7 Å². The Morgan fingerprint density at radius 3 is 2.88 bits per heavy atom. The summed E-state index contributed by atoms with van der Waals surface area (Å²) in [6.07, 6.45) is 2.39. The number of rotatable bonds is 6. The Hall–Kier alpha value is -2.28. The third-order valence-electron chi connectivity index (χ3n) is 6.35. The first-order chi connectivity index (χ1) is 15.9. The van der Waals surface area contributed by atoms with Gasteiger partial charge in [-0.3, -0.25) is 4.79 Å². The van der Waals surface area contributed by atoms with E-state index in [2.05, 4.69) is 48.9 Å². The molecule has 2 aliphatic rings. The first-order valence-electron chi connectivity index (χ1n) is 10.5. The molecule has 2 heterocycles.